The topological polar surface area (TPSA) is 12.5 Å². The quantitative estimate of drug-likeness (QED) is 0.716. The molecular formula is C14H18BNO. The Bertz CT molecular complexity index is 442. The van der Waals surface area contributed by atoms with Crippen LogP contribution in [0.25, 0.3) is 0 Å². The second-order valence-electron chi connectivity index (χ2n) is 4.57. The molecule has 0 saturated heterocycles. The van der Waals surface area contributed by atoms with E-state index < -0.39 is 0 Å². The van der Waals surface area contributed by atoms with E-state index >= 15 is 0 Å². The average molecular weight is 227 g/mol. The molecule has 1 aliphatic heterocycles. The number of allylic oxidation sites excluding steroid dienone is 2. The molecule has 3 heteroatoms. The molecule has 0 amide bonds. The molecule has 88 valence electrons. The Morgan fingerprint density at radius 1 is 1.00 bits per heavy atom. The van der Waals surface area contributed by atoms with Gasteiger partial charge in [0.15, 0.2) is 6.71 Å². The summed E-state index contributed by atoms with van der Waals surface area (Å²) in [6.07, 6.45) is 4.39. The van der Waals surface area contributed by atoms with Crippen LogP contribution in [-0.2, 0) is 0 Å². The zero-order chi connectivity index (χ0) is 12.4. The van der Waals surface area contributed by atoms with Crippen LogP contribution in [0.3, 0.4) is 0 Å². The van der Waals surface area contributed by atoms with Gasteiger partial charge in [0.2, 0.25) is 0 Å². The first-order valence-corrected chi connectivity index (χ1v) is 5.91. The molecule has 1 aromatic rings. The first-order chi connectivity index (χ1) is 8.11. The molecule has 2 nitrogen and oxygen atoms in total. The molecule has 1 aliphatic rings. The highest BCUT2D eigenvalue weighted by molar-refractivity contribution is 6.72. The number of hydrogen-bond donors (Lipinski definition) is 0. The van der Waals surface area contributed by atoms with E-state index in [1.165, 1.54) is 10.9 Å². The van der Waals surface area contributed by atoms with Crippen molar-refractivity contribution in [3.8, 4) is 5.75 Å². The lowest BCUT2D eigenvalue weighted by Gasteiger charge is -2.26. The zero-order valence-electron chi connectivity index (χ0n) is 10.9. The molecule has 2 rings (SSSR count). The van der Waals surface area contributed by atoms with Crippen LogP contribution in [0.1, 0.15) is 13.8 Å². The molecule has 0 fully saturated rings. The van der Waals surface area contributed by atoms with Gasteiger partial charge < -0.3 is 9.64 Å². The highest BCUT2D eigenvalue weighted by atomic mass is 16.5. The predicted octanol–water partition coefficient (Wildman–Crippen LogP) is 3.53. The van der Waals surface area contributed by atoms with Gasteiger partial charge in [-0.3, -0.25) is 0 Å². The van der Waals surface area contributed by atoms with Crippen LogP contribution in [0.15, 0.2) is 47.6 Å². The first kappa shape index (κ1) is 11.8. The van der Waals surface area contributed by atoms with E-state index in [4.69, 9.17) is 4.74 Å². The zero-order valence-corrected chi connectivity index (χ0v) is 10.9. The van der Waals surface area contributed by atoms with Crippen molar-refractivity contribution in [2.45, 2.75) is 20.7 Å². The summed E-state index contributed by atoms with van der Waals surface area (Å²) >= 11 is 0. The van der Waals surface area contributed by atoms with Gasteiger partial charge in [0.05, 0.1) is 7.11 Å². The number of nitrogens with zero attached hydrogens (tertiary/aromatic N) is 1. The smallest absolute Gasteiger partial charge is 0.199 e. The second-order valence-corrected chi connectivity index (χ2v) is 4.57. The minimum absolute atomic E-state index is 0.546. The number of benzene rings is 1. The third-order valence-electron chi connectivity index (χ3n) is 3.42. The summed E-state index contributed by atoms with van der Waals surface area (Å²) in [6.45, 7) is 7.14. The lowest BCUT2D eigenvalue weighted by molar-refractivity contribution is 0.415. The number of ether oxygens (including phenoxy) is 1. The molecule has 0 radical (unpaired) electrons. The van der Waals surface area contributed by atoms with E-state index in [9.17, 15) is 0 Å². The maximum absolute atomic E-state index is 5.17. The van der Waals surface area contributed by atoms with E-state index in [1.54, 1.807) is 7.11 Å². The predicted molar refractivity (Wildman–Crippen MR) is 74.6 cm³/mol. The van der Waals surface area contributed by atoms with Gasteiger partial charge in [0, 0.05) is 5.69 Å². The minimum Gasteiger partial charge on any atom is -0.497 e. The lowest BCUT2D eigenvalue weighted by atomic mass is 9.42. The molecule has 0 unspecified atom stereocenters. The van der Waals surface area contributed by atoms with Crippen LogP contribution in [0.4, 0.5) is 5.69 Å². The Labute approximate surface area is 104 Å². The Hall–Kier alpha value is -1.64. The summed E-state index contributed by atoms with van der Waals surface area (Å²) in [7, 11) is 1.69. The fourth-order valence-electron chi connectivity index (χ4n) is 1.96. The highest BCUT2D eigenvalue weighted by Gasteiger charge is 2.18. The Morgan fingerprint density at radius 3 is 2.00 bits per heavy atom. The number of rotatable bonds is 2. The van der Waals surface area contributed by atoms with E-state index in [2.05, 4.69) is 50.1 Å². The van der Waals surface area contributed by atoms with Gasteiger partial charge in [0.1, 0.15) is 5.75 Å². The van der Waals surface area contributed by atoms with Crippen molar-refractivity contribution >= 4 is 12.4 Å². The standard InChI is InChI=1S/C14H18BNO/c1-11-9-16(10-12(2)15(11)3)13-5-7-14(17-4)8-6-13/h5-10H,1-4H3. The molecule has 0 N–H and O–H groups in total. The highest BCUT2D eigenvalue weighted by Crippen LogP contribution is 2.25. The van der Waals surface area contributed by atoms with Crippen LogP contribution in [-0.4, -0.2) is 13.8 Å². The Morgan fingerprint density at radius 2 is 1.53 bits per heavy atom. The van der Waals surface area contributed by atoms with Crippen molar-refractivity contribution in [1.82, 2.24) is 0 Å². The summed E-state index contributed by atoms with van der Waals surface area (Å²) < 4.78 is 5.17. The van der Waals surface area contributed by atoms with Gasteiger partial charge in [-0.05, 0) is 50.5 Å². The second kappa shape index (κ2) is 4.70. The Balaban J connectivity index is 2.28. The van der Waals surface area contributed by atoms with E-state index in [1.807, 2.05) is 12.1 Å². The van der Waals surface area contributed by atoms with Crippen LogP contribution in [0.5, 0.6) is 5.75 Å². The number of anilines is 1. The summed E-state index contributed by atoms with van der Waals surface area (Å²) in [5.41, 5.74) is 3.94. The monoisotopic (exact) mass is 227 g/mol. The third kappa shape index (κ3) is 2.38. The molecule has 0 spiro atoms. The fraction of sp³-hybridized carbons (Fsp3) is 0.286. The van der Waals surface area contributed by atoms with E-state index in [-0.39, 0.29) is 0 Å². The van der Waals surface area contributed by atoms with Gasteiger partial charge >= 0.3 is 0 Å². The molecule has 0 aromatic heterocycles. The normalized spacial score (nSPS) is 15.5. The summed E-state index contributed by atoms with van der Waals surface area (Å²) in [5, 5.41) is 0. The third-order valence-corrected chi connectivity index (χ3v) is 3.42. The average Bonchev–Trinajstić information content (AvgIpc) is 2.35. The van der Waals surface area contributed by atoms with E-state index in [0.29, 0.717) is 6.71 Å². The van der Waals surface area contributed by atoms with Crippen molar-refractivity contribution in [2.75, 3.05) is 12.0 Å². The maximum Gasteiger partial charge on any atom is 0.199 e. The summed E-state index contributed by atoms with van der Waals surface area (Å²) in [5.74, 6) is 0.889. The van der Waals surface area contributed by atoms with Gasteiger partial charge in [-0.1, -0.05) is 17.8 Å². The molecular weight excluding hydrogens is 209 g/mol. The van der Waals surface area contributed by atoms with Crippen LogP contribution in [0, 0.1) is 0 Å². The molecule has 17 heavy (non-hydrogen) atoms. The van der Waals surface area contributed by atoms with Gasteiger partial charge in [-0.15, -0.1) is 0 Å². The van der Waals surface area contributed by atoms with Crippen LogP contribution < -0.4 is 9.64 Å². The van der Waals surface area contributed by atoms with Crippen molar-refractivity contribution in [2.24, 2.45) is 0 Å². The van der Waals surface area contributed by atoms with Crippen molar-refractivity contribution in [3.05, 3.63) is 47.6 Å². The minimum atomic E-state index is 0.546. The lowest BCUT2D eigenvalue weighted by Crippen LogP contribution is -2.23. The molecule has 0 saturated carbocycles. The van der Waals surface area contributed by atoms with Crippen molar-refractivity contribution in [3.63, 3.8) is 0 Å². The Kier molecular flexibility index (Phi) is 3.27. The SMILES string of the molecule is COc1ccc(N2C=C(C)B(C)C(C)=C2)cc1. The summed E-state index contributed by atoms with van der Waals surface area (Å²) in [6, 6.07) is 8.12. The van der Waals surface area contributed by atoms with Crippen LogP contribution >= 0.6 is 0 Å². The van der Waals surface area contributed by atoms with E-state index in [0.717, 1.165) is 11.4 Å². The summed E-state index contributed by atoms with van der Waals surface area (Å²) in [4.78, 5) is 2.17. The van der Waals surface area contributed by atoms with Crippen molar-refractivity contribution in [1.29, 1.82) is 0 Å². The first-order valence-electron chi connectivity index (χ1n) is 5.91. The van der Waals surface area contributed by atoms with Gasteiger partial charge in [-0.2, -0.15) is 0 Å². The van der Waals surface area contributed by atoms with Crippen LogP contribution in [0.2, 0.25) is 6.82 Å². The number of methoxy groups -OCH3 is 1. The van der Waals surface area contributed by atoms with Gasteiger partial charge in [0.25, 0.3) is 0 Å². The molecule has 0 aliphatic carbocycles. The molecule has 0 bridgehead atoms. The van der Waals surface area contributed by atoms with Gasteiger partial charge in [-0.25, -0.2) is 0 Å². The fourth-order valence-corrected chi connectivity index (χ4v) is 1.96. The molecule has 1 heterocycles. The van der Waals surface area contributed by atoms with Crippen molar-refractivity contribution < 1.29 is 4.74 Å². The maximum atomic E-state index is 5.17. The largest absolute Gasteiger partial charge is 0.497 e. The molecule has 1 aromatic carbocycles. The number of hydrogen-bond acceptors (Lipinski definition) is 2. The molecule has 0 atom stereocenters.